The van der Waals surface area contributed by atoms with Gasteiger partial charge in [0.15, 0.2) is 0 Å². The smallest absolute Gasteiger partial charge is 0.0352 e. The highest BCUT2D eigenvalue weighted by Gasteiger charge is 2.55. The third-order valence-electron chi connectivity index (χ3n) is 5.22. The minimum absolute atomic E-state index is 1.08. The van der Waals surface area contributed by atoms with E-state index in [-0.39, 0.29) is 0 Å². The van der Waals surface area contributed by atoms with Crippen LogP contribution in [0.3, 0.4) is 0 Å². The zero-order valence-electron chi connectivity index (χ0n) is 8.29. The maximum atomic E-state index is 2.53. The first kappa shape index (κ1) is 7.41. The third kappa shape index (κ3) is 0.791. The molecule has 0 aromatic rings. The Balaban J connectivity index is 1.87. The molecule has 3 saturated carbocycles. The lowest BCUT2D eigenvalue weighted by Gasteiger charge is -2.36. The van der Waals surface area contributed by atoms with Crippen LogP contribution in [0.5, 0.6) is 0 Å². The Labute approximate surface area is 75.7 Å². The average molecular weight is 164 g/mol. The van der Waals surface area contributed by atoms with Crippen molar-refractivity contribution in [1.29, 1.82) is 0 Å². The van der Waals surface area contributed by atoms with Crippen LogP contribution >= 0.6 is 0 Å². The van der Waals surface area contributed by atoms with Crippen molar-refractivity contribution in [3.63, 3.8) is 0 Å². The van der Waals surface area contributed by atoms with E-state index in [0.717, 1.165) is 35.5 Å². The molecule has 6 atom stereocenters. The van der Waals surface area contributed by atoms with Crippen molar-refractivity contribution >= 4 is 0 Å². The molecule has 3 aliphatic carbocycles. The van der Waals surface area contributed by atoms with Crippen molar-refractivity contribution in [2.75, 3.05) is 0 Å². The molecule has 3 rings (SSSR count). The number of hydrogen-bond acceptors (Lipinski definition) is 0. The van der Waals surface area contributed by atoms with E-state index in [2.05, 4.69) is 13.8 Å². The van der Waals surface area contributed by atoms with Crippen LogP contribution in [0, 0.1) is 35.5 Å². The Bertz CT molecular complexity index is 176. The summed E-state index contributed by atoms with van der Waals surface area (Å²) >= 11 is 0. The Hall–Kier alpha value is 0. The van der Waals surface area contributed by atoms with Crippen molar-refractivity contribution in [1.82, 2.24) is 0 Å². The Morgan fingerprint density at radius 2 is 1.25 bits per heavy atom. The predicted molar refractivity (Wildman–Crippen MR) is 50.8 cm³/mol. The van der Waals surface area contributed by atoms with Crippen molar-refractivity contribution in [3.8, 4) is 0 Å². The fourth-order valence-corrected chi connectivity index (χ4v) is 4.40. The van der Waals surface area contributed by atoms with E-state index in [1.54, 1.807) is 19.3 Å². The summed E-state index contributed by atoms with van der Waals surface area (Å²) in [4.78, 5) is 0. The van der Waals surface area contributed by atoms with Gasteiger partial charge in [0.05, 0.1) is 0 Å². The van der Waals surface area contributed by atoms with Gasteiger partial charge >= 0.3 is 0 Å². The fraction of sp³-hybridized carbons (Fsp3) is 1.00. The fourth-order valence-electron chi connectivity index (χ4n) is 4.40. The van der Waals surface area contributed by atoms with E-state index in [9.17, 15) is 0 Å². The normalized spacial score (nSPS) is 62.5. The summed E-state index contributed by atoms with van der Waals surface area (Å²) in [6.07, 6.45) is 6.22. The quantitative estimate of drug-likeness (QED) is 0.515. The van der Waals surface area contributed by atoms with Gasteiger partial charge in [-0.15, -0.1) is 0 Å². The molecule has 68 valence electrons. The van der Waals surface area contributed by atoms with Crippen LogP contribution in [0.2, 0.25) is 0 Å². The third-order valence-corrected chi connectivity index (χ3v) is 5.22. The first-order valence-corrected chi connectivity index (χ1v) is 5.79. The van der Waals surface area contributed by atoms with E-state index in [1.807, 2.05) is 0 Å². The molecule has 0 bridgehead atoms. The van der Waals surface area contributed by atoms with Gasteiger partial charge in [-0.25, -0.2) is 0 Å². The van der Waals surface area contributed by atoms with Crippen LogP contribution in [0.4, 0.5) is 0 Å². The molecule has 0 aliphatic heterocycles. The van der Waals surface area contributed by atoms with Crippen molar-refractivity contribution < 1.29 is 0 Å². The zero-order valence-corrected chi connectivity index (χ0v) is 8.29. The molecule has 6 unspecified atom stereocenters. The topological polar surface area (TPSA) is 0 Å². The van der Waals surface area contributed by atoms with E-state index in [1.165, 1.54) is 6.42 Å². The number of rotatable bonds is 0. The summed E-state index contributed by atoms with van der Waals surface area (Å²) in [7, 11) is 0. The standard InChI is InChI=1S/C12H20/c1-7-9-4-3-5-10(9)8(2)12-6-11(7)12/h7-12H,3-6H2,1-2H3. The Kier molecular flexibility index (Phi) is 1.40. The van der Waals surface area contributed by atoms with Gasteiger partial charge in [-0.1, -0.05) is 20.3 Å². The minimum Gasteiger partial charge on any atom is -0.0620 e. The molecule has 0 heterocycles. The van der Waals surface area contributed by atoms with Crippen LogP contribution in [0.15, 0.2) is 0 Å². The highest BCUT2D eigenvalue weighted by Crippen LogP contribution is 2.63. The summed E-state index contributed by atoms with van der Waals surface area (Å²) in [5.74, 6) is 6.73. The molecule has 3 aliphatic rings. The lowest BCUT2D eigenvalue weighted by atomic mass is 9.69. The van der Waals surface area contributed by atoms with Gasteiger partial charge < -0.3 is 0 Å². The van der Waals surface area contributed by atoms with Gasteiger partial charge in [0.1, 0.15) is 0 Å². The molecular weight excluding hydrogens is 144 g/mol. The van der Waals surface area contributed by atoms with Gasteiger partial charge in [0, 0.05) is 0 Å². The second-order valence-electron chi connectivity index (χ2n) is 5.54. The molecule has 0 N–H and O–H groups in total. The molecule has 0 radical (unpaired) electrons. The highest BCUT2D eigenvalue weighted by atomic mass is 14.6. The van der Waals surface area contributed by atoms with E-state index in [4.69, 9.17) is 0 Å². The van der Waals surface area contributed by atoms with Crippen molar-refractivity contribution in [3.05, 3.63) is 0 Å². The van der Waals surface area contributed by atoms with Gasteiger partial charge in [0.2, 0.25) is 0 Å². The maximum absolute atomic E-state index is 2.53. The van der Waals surface area contributed by atoms with Gasteiger partial charge in [-0.2, -0.15) is 0 Å². The van der Waals surface area contributed by atoms with Crippen molar-refractivity contribution in [2.24, 2.45) is 35.5 Å². The van der Waals surface area contributed by atoms with Crippen LogP contribution in [0.25, 0.3) is 0 Å². The molecule has 0 nitrogen and oxygen atoms in total. The second kappa shape index (κ2) is 2.27. The first-order chi connectivity index (χ1) is 5.79. The highest BCUT2D eigenvalue weighted by molar-refractivity contribution is 5.04. The summed E-state index contributed by atoms with van der Waals surface area (Å²) in [5.41, 5.74) is 0. The molecule has 0 saturated heterocycles. The van der Waals surface area contributed by atoms with Crippen LogP contribution in [0.1, 0.15) is 39.5 Å². The van der Waals surface area contributed by atoms with Crippen LogP contribution < -0.4 is 0 Å². The molecule has 0 aromatic heterocycles. The Morgan fingerprint density at radius 3 is 1.75 bits per heavy atom. The van der Waals surface area contributed by atoms with Crippen LogP contribution in [-0.2, 0) is 0 Å². The summed E-state index contributed by atoms with van der Waals surface area (Å²) in [6, 6.07) is 0. The molecule has 3 fully saturated rings. The monoisotopic (exact) mass is 164 g/mol. The molecule has 0 amide bonds. The van der Waals surface area contributed by atoms with Gasteiger partial charge in [-0.05, 0) is 54.8 Å². The average Bonchev–Trinajstić information content (AvgIpc) is 2.71. The minimum atomic E-state index is 1.08. The van der Waals surface area contributed by atoms with Gasteiger partial charge in [0.25, 0.3) is 0 Å². The molecule has 0 aromatic carbocycles. The van der Waals surface area contributed by atoms with Gasteiger partial charge in [-0.3, -0.25) is 0 Å². The Morgan fingerprint density at radius 1 is 0.750 bits per heavy atom. The summed E-state index contributed by atoms with van der Waals surface area (Å²) in [6.45, 7) is 5.05. The molecule has 12 heavy (non-hydrogen) atoms. The van der Waals surface area contributed by atoms with E-state index in [0.29, 0.717) is 0 Å². The number of hydrogen-bond donors (Lipinski definition) is 0. The molecule has 0 heteroatoms. The summed E-state index contributed by atoms with van der Waals surface area (Å²) in [5, 5.41) is 0. The SMILES string of the molecule is CC1C2CCCC2C(C)C2CC12. The largest absolute Gasteiger partial charge is 0.0620 e. The lowest BCUT2D eigenvalue weighted by molar-refractivity contribution is 0.125. The van der Waals surface area contributed by atoms with Crippen LogP contribution in [-0.4, -0.2) is 0 Å². The summed E-state index contributed by atoms with van der Waals surface area (Å²) < 4.78 is 0. The first-order valence-electron chi connectivity index (χ1n) is 5.79. The maximum Gasteiger partial charge on any atom is -0.0352 e. The van der Waals surface area contributed by atoms with Crippen molar-refractivity contribution in [2.45, 2.75) is 39.5 Å². The second-order valence-corrected chi connectivity index (χ2v) is 5.54. The molecule has 0 spiro atoms. The number of fused-ring (bicyclic) bond motifs is 2. The molecular formula is C12H20. The van der Waals surface area contributed by atoms with E-state index >= 15 is 0 Å². The predicted octanol–water partition coefficient (Wildman–Crippen LogP) is 3.32. The van der Waals surface area contributed by atoms with E-state index < -0.39 is 0 Å². The zero-order chi connectivity index (χ0) is 8.29. The lowest BCUT2D eigenvalue weighted by Crippen LogP contribution is -2.30.